The van der Waals surface area contributed by atoms with Gasteiger partial charge >= 0.3 is 0 Å². The Morgan fingerprint density at radius 2 is 1.60 bits per heavy atom. The van der Waals surface area contributed by atoms with Crippen molar-refractivity contribution in [2.45, 2.75) is 64.5 Å². The molecule has 47 heavy (non-hydrogen) atoms. The average Bonchev–Trinajstić information content (AvgIpc) is 3.84. The number of benzene rings is 3. The third-order valence-corrected chi connectivity index (χ3v) is 8.63. The van der Waals surface area contributed by atoms with Crippen LogP contribution in [-0.4, -0.2) is 61.1 Å². The molecule has 2 aliphatic heterocycles. The molecule has 0 aliphatic carbocycles. The first-order valence-electron chi connectivity index (χ1n) is 16.2. The second kappa shape index (κ2) is 15.8. The van der Waals surface area contributed by atoms with Crippen LogP contribution in [0.5, 0.6) is 0 Å². The number of ketones is 1. The lowest BCUT2D eigenvalue weighted by Gasteiger charge is -2.37. The first-order chi connectivity index (χ1) is 22.8. The molecule has 0 saturated carbocycles. The number of hydrogen-bond acceptors (Lipinski definition) is 6. The van der Waals surface area contributed by atoms with Crippen LogP contribution in [0.1, 0.15) is 60.0 Å². The van der Waals surface area contributed by atoms with Crippen LogP contribution in [0.2, 0.25) is 0 Å². The Balaban J connectivity index is 0.000000236. The molecule has 2 fully saturated rings. The number of hydrogen-bond donors (Lipinski definition) is 4. The molecule has 3 atom stereocenters. The number of imidazole rings is 2. The quantitative estimate of drug-likeness (QED) is 0.176. The van der Waals surface area contributed by atoms with Crippen molar-refractivity contribution >= 4 is 34.6 Å². The number of nitrogens with one attached hydrogen (secondary N) is 3. The Kier molecular flexibility index (Phi) is 11.2. The molecule has 5 aromatic rings. The number of aromatic nitrogens is 4. The third kappa shape index (κ3) is 8.72. The predicted octanol–water partition coefficient (Wildman–Crippen LogP) is 5.42. The molecule has 4 heterocycles. The number of aromatic amines is 2. The summed E-state index contributed by atoms with van der Waals surface area (Å²) in [6.07, 6.45) is 6.65. The largest absolute Gasteiger partial charge is 0.369 e. The summed E-state index contributed by atoms with van der Waals surface area (Å²) in [5, 5.41) is 2.74. The molecule has 3 aromatic carbocycles. The summed E-state index contributed by atoms with van der Waals surface area (Å²) >= 11 is 0. The maximum absolute atomic E-state index is 13.2. The van der Waals surface area contributed by atoms with E-state index in [4.69, 9.17) is 5.73 Å². The molecule has 10 nitrogen and oxygen atoms in total. The van der Waals surface area contributed by atoms with Gasteiger partial charge in [0.05, 0.1) is 23.8 Å². The van der Waals surface area contributed by atoms with Crippen LogP contribution in [0.25, 0.3) is 11.0 Å². The van der Waals surface area contributed by atoms with E-state index in [9.17, 15) is 14.4 Å². The first kappa shape index (κ1) is 33.1. The fraction of sp³-hybridized carbons (Fsp3) is 0.324. The highest BCUT2D eigenvalue weighted by Crippen LogP contribution is 2.36. The lowest BCUT2D eigenvalue weighted by molar-refractivity contribution is -0.146. The van der Waals surface area contributed by atoms with Gasteiger partial charge in [0.25, 0.3) is 0 Å². The zero-order valence-corrected chi connectivity index (χ0v) is 27.0. The Bertz CT molecular complexity index is 1730. The first-order valence-corrected chi connectivity index (χ1v) is 16.2. The van der Waals surface area contributed by atoms with E-state index in [0.717, 1.165) is 42.5 Å². The molecule has 244 valence electrons. The second-order valence-corrected chi connectivity index (χ2v) is 12.0. The number of fused-ring (bicyclic) bond motifs is 2. The van der Waals surface area contributed by atoms with Crippen LogP contribution >= 0.6 is 0 Å². The lowest BCUT2D eigenvalue weighted by atomic mass is 9.87. The number of anilines is 1. The zero-order valence-electron chi connectivity index (χ0n) is 27.0. The van der Waals surface area contributed by atoms with E-state index in [1.165, 1.54) is 5.56 Å². The number of H-pyrrole nitrogens is 2. The van der Waals surface area contributed by atoms with Gasteiger partial charge in [0, 0.05) is 17.7 Å². The number of nitrogen functional groups attached to an aromatic ring is 1. The van der Waals surface area contributed by atoms with Gasteiger partial charge < -0.3 is 25.9 Å². The van der Waals surface area contributed by atoms with Crippen LogP contribution in [0, 0.1) is 12.8 Å². The molecule has 3 unspecified atom stereocenters. The van der Waals surface area contributed by atoms with Gasteiger partial charge in [0.1, 0.15) is 6.04 Å². The van der Waals surface area contributed by atoms with Crippen molar-refractivity contribution < 1.29 is 14.4 Å². The van der Waals surface area contributed by atoms with Gasteiger partial charge in [-0.25, -0.2) is 9.97 Å². The summed E-state index contributed by atoms with van der Waals surface area (Å²) < 4.78 is 0. The van der Waals surface area contributed by atoms with E-state index in [1.54, 1.807) is 11.1 Å². The van der Waals surface area contributed by atoms with Crippen molar-refractivity contribution in [3.63, 3.8) is 0 Å². The Labute approximate surface area is 275 Å². The fourth-order valence-electron chi connectivity index (χ4n) is 6.12. The number of nitrogens with two attached hydrogens (primary N) is 1. The monoisotopic (exact) mass is 633 g/mol. The summed E-state index contributed by atoms with van der Waals surface area (Å²) in [6, 6.07) is 27.3. The molecule has 10 heteroatoms. The van der Waals surface area contributed by atoms with Crippen LogP contribution in [0.4, 0.5) is 5.95 Å². The molecule has 2 amide bonds. The van der Waals surface area contributed by atoms with E-state index < -0.39 is 6.04 Å². The Morgan fingerprint density at radius 1 is 0.915 bits per heavy atom. The van der Waals surface area contributed by atoms with Crippen molar-refractivity contribution in [2.24, 2.45) is 5.92 Å². The topological polar surface area (TPSA) is 150 Å². The van der Waals surface area contributed by atoms with E-state index in [2.05, 4.69) is 44.3 Å². The predicted molar refractivity (Wildman–Crippen MR) is 184 cm³/mol. The average molecular weight is 634 g/mol. The number of piperidine rings is 1. The van der Waals surface area contributed by atoms with Gasteiger partial charge in [0.15, 0.2) is 11.8 Å². The highest BCUT2D eigenvalue weighted by molar-refractivity contribution is 5.99. The summed E-state index contributed by atoms with van der Waals surface area (Å²) in [4.78, 5) is 54.5. The molecule has 5 N–H and O–H groups in total. The van der Waals surface area contributed by atoms with Crippen molar-refractivity contribution in [3.8, 4) is 0 Å². The molecule has 2 saturated heterocycles. The smallest absolute Gasteiger partial charge is 0.243 e. The number of Topliss-reactive ketones (excluding diaryl/α,β-unsaturated/α-hetero) is 1. The number of aryl methyl sites for hydroxylation is 2. The van der Waals surface area contributed by atoms with Gasteiger partial charge in [-0.1, -0.05) is 85.3 Å². The lowest BCUT2D eigenvalue weighted by Crippen LogP contribution is -2.54. The summed E-state index contributed by atoms with van der Waals surface area (Å²) in [5.74, 6) is 0.155. The Hall–Kier alpha value is -5.25. The van der Waals surface area contributed by atoms with Gasteiger partial charge in [-0.2, -0.15) is 0 Å². The number of carbonyl (C=O) groups excluding carboxylic acids is 3. The summed E-state index contributed by atoms with van der Waals surface area (Å²) in [5.41, 5.74) is 10.3. The SMILES string of the molecule is CCc1cnc(N)[nH]1.Cc1ccccc1.O=C(CNC(=O)C1CCC2CCC(Cc3ccccc3)C(=O)N21)c1nc2ccccc2[nH]1. The van der Waals surface area contributed by atoms with Crippen molar-refractivity contribution in [1.82, 2.24) is 30.2 Å². The van der Waals surface area contributed by atoms with Crippen molar-refractivity contribution in [3.05, 3.63) is 114 Å². The highest BCUT2D eigenvalue weighted by atomic mass is 16.2. The van der Waals surface area contributed by atoms with E-state index in [1.807, 2.05) is 79.7 Å². The molecule has 0 bridgehead atoms. The Morgan fingerprint density at radius 3 is 2.21 bits per heavy atom. The van der Waals surface area contributed by atoms with Gasteiger partial charge in [-0.15, -0.1) is 0 Å². The molecule has 0 spiro atoms. The van der Waals surface area contributed by atoms with Crippen molar-refractivity contribution in [1.29, 1.82) is 0 Å². The molecule has 0 radical (unpaired) electrons. The van der Waals surface area contributed by atoms with E-state index >= 15 is 0 Å². The maximum Gasteiger partial charge on any atom is 0.243 e. The number of carbonyl (C=O) groups is 3. The molecule has 7 rings (SSSR count). The zero-order chi connectivity index (χ0) is 33.2. The van der Waals surface area contributed by atoms with Crippen LogP contribution < -0.4 is 11.1 Å². The van der Waals surface area contributed by atoms with Gasteiger partial charge in [-0.3, -0.25) is 14.4 Å². The second-order valence-electron chi connectivity index (χ2n) is 12.0. The van der Waals surface area contributed by atoms with Crippen LogP contribution in [0.3, 0.4) is 0 Å². The van der Waals surface area contributed by atoms with Crippen molar-refractivity contribution in [2.75, 3.05) is 12.3 Å². The number of rotatable bonds is 7. The summed E-state index contributed by atoms with van der Waals surface area (Å²) in [7, 11) is 0. The van der Waals surface area contributed by atoms with Crippen LogP contribution in [-0.2, 0) is 22.4 Å². The number of nitrogens with zero attached hydrogens (tertiary/aromatic N) is 3. The van der Waals surface area contributed by atoms with Crippen LogP contribution in [0.15, 0.2) is 91.1 Å². The highest BCUT2D eigenvalue weighted by Gasteiger charge is 2.45. The molecule has 2 aliphatic rings. The standard InChI is InChI=1S/C25H26N4O3.C7H8.C5H9N3/c30-22(23-27-19-8-4-5-9-20(19)28-23)15-26-24(31)21-13-12-18-11-10-17(25(32)29(18)21)14-16-6-2-1-3-7-16;1-7-5-3-2-4-6-7;1-2-4-3-7-5(6)8-4/h1-9,17-18,21H,10-15H2,(H,26,31)(H,27,28);2-6H,1H3;3H,2H2,1H3,(H3,6,7,8). The molecule has 2 aromatic heterocycles. The van der Waals surface area contributed by atoms with Gasteiger partial charge in [0.2, 0.25) is 17.6 Å². The molecular weight excluding hydrogens is 590 g/mol. The minimum absolute atomic E-state index is 0.0614. The maximum atomic E-state index is 13.2. The molecular formula is C37H43N7O3. The normalized spacial score (nSPS) is 18.4. The minimum atomic E-state index is -0.505. The van der Waals surface area contributed by atoms with E-state index in [0.29, 0.717) is 24.3 Å². The van der Waals surface area contributed by atoms with Gasteiger partial charge in [-0.05, 0) is 63.1 Å². The fourth-order valence-corrected chi connectivity index (χ4v) is 6.12. The minimum Gasteiger partial charge on any atom is -0.369 e. The third-order valence-electron chi connectivity index (χ3n) is 8.63. The van der Waals surface area contributed by atoms with E-state index in [-0.39, 0.29) is 41.9 Å². The summed E-state index contributed by atoms with van der Waals surface area (Å²) in [6.45, 7) is 3.99. The number of para-hydroxylation sites is 2. The number of amides is 2.